The Bertz CT molecular complexity index is 1160. The van der Waals surface area contributed by atoms with E-state index in [1.807, 2.05) is 31.2 Å². The Kier molecular flexibility index (Phi) is 5.69. The van der Waals surface area contributed by atoms with E-state index in [1.54, 1.807) is 21.3 Å². The molecule has 1 N–H and O–H groups in total. The number of carbonyl (C=O) groups excluding carboxylic acids is 1. The van der Waals surface area contributed by atoms with Crippen LogP contribution in [0.2, 0.25) is 0 Å². The molecule has 0 aliphatic heterocycles. The van der Waals surface area contributed by atoms with Crippen LogP contribution >= 0.6 is 0 Å². The van der Waals surface area contributed by atoms with Crippen molar-refractivity contribution in [2.75, 3.05) is 11.6 Å². The molecule has 28 heavy (non-hydrogen) atoms. The molecule has 148 valence electrons. The number of hydrogen-bond donors (Lipinski definition) is 1. The number of nitrogens with one attached hydrogen (secondary N) is 1. The number of nitrogens with zero attached hydrogens (tertiary/aromatic N) is 2. The lowest BCUT2D eigenvalue weighted by molar-refractivity contribution is -0.116. The van der Waals surface area contributed by atoms with Gasteiger partial charge in [0.25, 0.3) is 0 Å². The maximum atomic E-state index is 12.7. The quantitative estimate of drug-likeness (QED) is 0.659. The van der Waals surface area contributed by atoms with Gasteiger partial charge in [-0.1, -0.05) is 19.1 Å². The summed E-state index contributed by atoms with van der Waals surface area (Å²) in [7, 11) is -3.28. The molecule has 0 unspecified atom stereocenters. The number of anilines is 1. The number of imidazole rings is 1. The molecule has 0 bridgehead atoms. The van der Waals surface area contributed by atoms with E-state index in [2.05, 4.69) is 5.32 Å². The lowest BCUT2D eigenvalue weighted by Gasteiger charge is -2.07. The van der Waals surface area contributed by atoms with Crippen LogP contribution in [0.15, 0.2) is 58.2 Å². The van der Waals surface area contributed by atoms with Gasteiger partial charge in [-0.2, -0.15) is 0 Å². The summed E-state index contributed by atoms with van der Waals surface area (Å²) in [6.07, 6.45) is 2.11. The minimum absolute atomic E-state index is 0.117. The monoisotopic (exact) mass is 401 g/mol. The number of amides is 1. The Morgan fingerprint density at radius 2 is 1.54 bits per heavy atom. The number of carbonyl (C=O) groups is 1. The highest BCUT2D eigenvalue weighted by atomic mass is 32.2. The van der Waals surface area contributed by atoms with E-state index in [-0.39, 0.29) is 29.5 Å². The summed E-state index contributed by atoms with van der Waals surface area (Å²) in [4.78, 5) is 25.2. The topological polar surface area (TPSA) is 90.2 Å². The number of fused-ring (bicyclic) bond motifs is 1. The first-order chi connectivity index (χ1) is 13.3. The van der Waals surface area contributed by atoms with Crippen LogP contribution < -0.4 is 11.0 Å². The number of aromatic nitrogens is 2. The minimum Gasteiger partial charge on any atom is -0.326 e. The van der Waals surface area contributed by atoms with Crippen LogP contribution in [-0.4, -0.2) is 29.7 Å². The molecule has 0 saturated carbocycles. The molecule has 0 saturated heterocycles. The highest BCUT2D eigenvalue weighted by Crippen LogP contribution is 2.16. The van der Waals surface area contributed by atoms with E-state index in [4.69, 9.17) is 0 Å². The van der Waals surface area contributed by atoms with Gasteiger partial charge in [0, 0.05) is 31.5 Å². The normalized spacial score (nSPS) is 11.6. The van der Waals surface area contributed by atoms with Crippen molar-refractivity contribution in [1.82, 2.24) is 9.13 Å². The zero-order valence-electron chi connectivity index (χ0n) is 15.9. The molecule has 1 heterocycles. The molecular weight excluding hydrogens is 378 g/mol. The zero-order chi connectivity index (χ0) is 20.3. The second-order valence-corrected chi connectivity index (χ2v) is 8.69. The number of hydrogen-bond acceptors (Lipinski definition) is 4. The van der Waals surface area contributed by atoms with Crippen molar-refractivity contribution in [2.24, 2.45) is 0 Å². The van der Waals surface area contributed by atoms with Crippen molar-refractivity contribution in [3.8, 4) is 0 Å². The first-order valence-electron chi connectivity index (χ1n) is 9.09. The Morgan fingerprint density at radius 1 is 0.964 bits per heavy atom. The molecule has 7 nitrogen and oxygen atoms in total. The number of benzene rings is 2. The van der Waals surface area contributed by atoms with E-state index >= 15 is 0 Å². The maximum Gasteiger partial charge on any atom is 0.329 e. The standard InChI is InChI=1S/C20H23N3O4S/c1-3-13-22-17-6-4-5-7-18(17)23(20(22)25)14-12-19(24)21-15-8-10-16(11-9-15)28(2,26)27/h4-11H,3,12-14H2,1-2H3,(H,21,24). The van der Waals surface area contributed by atoms with Crippen LogP contribution in [0, 0.1) is 0 Å². The van der Waals surface area contributed by atoms with Crippen molar-refractivity contribution >= 4 is 32.5 Å². The van der Waals surface area contributed by atoms with Gasteiger partial charge in [0.1, 0.15) is 0 Å². The lowest BCUT2D eigenvalue weighted by Crippen LogP contribution is -2.26. The third-order valence-electron chi connectivity index (χ3n) is 4.50. The Balaban J connectivity index is 1.73. The van der Waals surface area contributed by atoms with Gasteiger partial charge in [-0.3, -0.25) is 13.9 Å². The summed E-state index contributed by atoms with van der Waals surface area (Å²) in [5, 5.41) is 2.73. The Morgan fingerprint density at radius 3 is 2.07 bits per heavy atom. The number of aryl methyl sites for hydroxylation is 2. The highest BCUT2D eigenvalue weighted by Gasteiger charge is 2.13. The van der Waals surface area contributed by atoms with Gasteiger partial charge in [0.15, 0.2) is 9.84 Å². The Labute approximate surface area is 163 Å². The van der Waals surface area contributed by atoms with Crippen molar-refractivity contribution in [3.63, 3.8) is 0 Å². The van der Waals surface area contributed by atoms with Crippen LogP contribution in [0.5, 0.6) is 0 Å². The minimum atomic E-state index is -3.28. The fourth-order valence-corrected chi connectivity index (χ4v) is 3.78. The third-order valence-corrected chi connectivity index (χ3v) is 5.63. The fourth-order valence-electron chi connectivity index (χ4n) is 3.15. The molecule has 0 aliphatic carbocycles. The van der Waals surface area contributed by atoms with Crippen molar-refractivity contribution in [3.05, 3.63) is 59.0 Å². The summed E-state index contributed by atoms with van der Waals surface area (Å²) in [6, 6.07) is 13.6. The number of sulfone groups is 1. The molecule has 0 fully saturated rings. The van der Waals surface area contributed by atoms with E-state index in [0.29, 0.717) is 12.2 Å². The molecule has 0 spiro atoms. The van der Waals surface area contributed by atoms with Gasteiger partial charge in [-0.05, 0) is 42.8 Å². The molecule has 8 heteroatoms. The third kappa shape index (κ3) is 4.17. The lowest BCUT2D eigenvalue weighted by atomic mass is 10.3. The highest BCUT2D eigenvalue weighted by molar-refractivity contribution is 7.90. The molecule has 1 aromatic heterocycles. The Hall–Kier alpha value is -2.87. The van der Waals surface area contributed by atoms with Gasteiger partial charge in [-0.25, -0.2) is 13.2 Å². The molecule has 0 radical (unpaired) electrons. The van der Waals surface area contributed by atoms with Gasteiger partial charge in [0.05, 0.1) is 15.9 Å². The summed E-state index contributed by atoms with van der Waals surface area (Å²) in [5.74, 6) is -0.244. The van der Waals surface area contributed by atoms with Crippen molar-refractivity contribution < 1.29 is 13.2 Å². The van der Waals surface area contributed by atoms with Gasteiger partial charge >= 0.3 is 5.69 Å². The number of para-hydroxylation sites is 2. The van der Waals surface area contributed by atoms with Gasteiger partial charge < -0.3 is 5.32 Å². The average Bonchev–Trinajstić information content (AvgIpc) is 2.92. The number of rotatable bonds is 7. The SMILES string of the molecule is CCCn1c(=O)n(CCC(=O)Nc2ccc(S(C)(=O)=O)cc2)c2ccccc21. The second kappa shape index (κ2) is 8.02. The molecule has 3 aromatic rings. The van der Waals surface area contributed by atoms with Crippen LogP contribution in [0.4, 0.5) is 5.69 Å². The van der Waals surface area contributed by atoms with Crippen LogP contribution in [0.1, 0.15) is 19.8 Å². The van der Waals surface area contributed by atoms with Crippen LogP contribution in [0.3, 0.4) is 0 Å². The van der Waals surface area contributed by atoms with E-state index in [1.165, 1.54) is 12.1 Å². The second-order valence-electron chi connectivity index (χ2n) is 6.67. The summed E-state index contributed by atoms with van der Waals surface area (Å²) >= 11 is 0. The zero-order valence-corrected chi connectivity index (χ0v) is 16.7. The smallest absolute Gasteiger partial charge is 0.326 e. The molecular formula is C20H23N3O4S. The van der Waals surface area contributed by atoms with E-state index in [9.17, 15) is 18.0 Å². The summed E-state index contributed by atoms with van der Waals surface area (Å²) in [6.45, 7) is 2.91. The van der Waals surface area contributed by atoms with E-state index in [0.717, 1.165) is 23.7 Å². The van der Waals surface area contributed by atoms with Gasteiger partial charge in [0.2, 0.25) is 5.91 Å². The summed E-state index contributed by atoms with van der Waals surface area (Å²) in [5.41, 5.74) is 2.07. The molecule has 1 amide bonds. The van der Waals surface area contributed by atoms with Crippen molar-refractivity contribution in [1.29, 1.82) is 0 Å². The molecule has 2 aromatic carbocycles. The molecule has 0 atom stereocenters. The molecule has 0 aliphatic rings. The average molecular weight is 401 g/mol. The first kappa shape index (κ1) is 19.9. The summed E-state index contributed by atoms with van der Waals surface area (Å²) < 4.78 is 26.3. The first-order valence-corrected chi connectivity index (χ1v) is 11.0. The predicted octanol–water partition coefficient (Wildman–Crippen LogP) is 2.65. The van der Waals surface area contributed by atoms with E-state index < -0.39 is 9.84 Å². The van der Waals surface area contributed by atoms with Crippen molar-refractivity contribution in [2.45, 2.75) is 37.8 Å². The maximum absolute atomic E-state index is 12.7. The van der Waals surface area contributed by atoms with Crippen LogP contribution in [0.25, 0.3) is 11.0 Å². The predicted molar refractivity (Wildman–Crippen MR) is 109 cm³/mol. The van der Waals surface area contributed by atoms with Gasteiger partial charge in [-0.15, -0.1) is 0 Å². The van der Waals surface area contributed by atoms with Crippen LogP contribution in [-0.2, 0) is 27.7 Å². The molecule has 3 rings (SSSR count). The fraction of sp³-hybridized carbons (Fsp3) is 0.300. The largest absolute Gasteiger partial charge is 0.329 e.